The molecule has 1 heterocycles. The summed E-state index contributed by atoms with van der Waals surface area (Å²) in [6.45, 7) is 4.65. The number of anilines is 1. The van der Waals surface area contributed by atoms with Crippen molar-refractivity contribution < 1.29 is 14.3 Å². The zero-order valence-electron chi connectivity index (χ0n) is 15.7. The number of methoxy groups -OCH3 is 2. The Hall–Kier alpha value is -2.69. The van der Waals surface area contributed by atoms with E-state index in [4.69, 9.17) is 9.47 Å². The number of ether oxygens (including phenoxy) is 2. The SMILES string of the molecule is COc1cc(C(=O)NCc2ccc(N3CCCC3)cc2)cc(OC)c1C. The van der Waals surface area contributed by atoms with Gasteiger partial charge in [-0.15, -0.1) is 0 Å². The summed E-state index contributed by atoms with van der Waals surface area (Å²) >= 11 is 0. The van der Waals surface area contributed by atoms with E-state index in [-0.39, 0.29) is 5.91 Å². The molecule has 0 aromatic heterocycles. The van der Waals surface area contributed by atoms with Crippen LogP contribution in [0.1, 0.15) is 34.3 Å². The fourth-order valence-electron chi connectivity index (χ4n) is 3.30. The quantitative estimate of drug-likeness (QED) is 0.862. The Labute approximate surface area is 154 Å². The Kier molecular flexibility index (Phi) is 5.66. The number of amides is 1. The van der Waals surface area contributed by atoms with E-state index in [1.165, 1.54) is 18.5 Å². The molecular formula is C21H26N2O3. The van der Waals surface area contributed by atoms with Crippen LogP contribution in [0.5, 0.6) is 11.5 Å². The van der Waals surface area contributed by atoms with E-state index in [0.29, 0.717) is 23.6 Å². The van der Waals surface area contributed by atoms with Gasteiger partial charge in [-0.25, -0.2) is 0 Å². The molecule has 0 radical (unpaired) electrons. The molecule has 5 nitrogen and oxygen atoms in total. The summed E-state index contributed by atoms with van der Waals surface area (Å²) in [5.41, 5.74) is 3.74. The molecule has 1 aliphatic heterocycles. The molecule has 0 aliphatic carbocycles. The molecule has 138 valence electrons. The van der Waals surface area contributed by atoms with Crippen molar-refractivity contribution in [1.29, 1.82) is 0 Å². The third kappa shape index (κ3) is 3.93. The lowest BCUT2D eigenvalue weighted by Crippen LogP contribution is -2.23. The second-order valence-corrected chi connectivity index (χ2v) is 6.55. The molecule has 2 aromatic rings. The van der Waals surface area contributed by atoms with Crippen LogP contribution in [0.4, 0.5) is 5.69 Å². The van der Waals surface area contributed by atoms with Gasteiger partial charge in [-0.1, -0.05) is 12.1 Å². The summed E-state index contributed by atoms with van der Waals surface area (Å²) < 4.78 is 10.7. The van der Waals surface area contributed by atoms with Crippen molar-refractivity contribution in [3.8, 4) is 11.5 Å². The zero-order chi connectivity index (χ0) is 18.5. The van der Waals surface area contributed by atoms with E-state index in [2.05, 4.69) is 34.5 Å². The van der Waals surface area contributed by atoms with E-state index >= 15 is 0 Å². The predicted octanol–water partition coefficient (Wildman–Crippen LogP) is 3.54. The van der Waals surface area contributed by atoms with Crippen LogP contribution >= 0.6 is 0 Å². The molecule has 0 saturated carbocycles. The summed E-state index contributed by atoms with van der Waals surface area (Å²) in [4.78, 5) is 14.9. The summed E-state index contributed by atoms with van der Waals surface area (Å²) in [6.07, 6.45) is 2.53. The Bertz CT molecular complexity index is 740. The maximum absolute atomic E-state index is 12.5. The molecule has 0 spiro atoms. The average molecular weight is 354 g/mol. The number of benzene rings is 2. The minimum Gasteiger partial charge on any atom is -0.496 e. The van der Waals surface area contributed by atoms with E-state index in [9.17, 15) is 4.79 Å². The van der Waals surface area contributed by atoms with Gasteiger partial charge in [-0.2, -0.15) is 0 Å². The highest BCUT2D eigenvalue weighted by Gasteiger charge is 2.14. The fraction of sp³-hybridized carbons (Fsp3) is 0.381. The van der Waals surface area contributed by atoms with Crippen molar-refractivity contribution in [2.45, 2.75) is 26.3 Å². The van der Waals surface area contributed by atoms with Crippen LogP contribution in [-0.4, -0.2) is 33.2 Å². The number of rotatable bonds is 6. The van der Waals surface area contributed by atoms with Crippen molar-refractivity contribution >= 4 is 11.6 Å². The summed E-state index contributed by atoms with van der Waals surface area (Å²) in [7, 11) is 3.18. The highest BCUT2D eigenvalue weighted by molar-refractivity contribution is 5.95. The third-order valence-corrected chi connectivity index (χ3v) is 4.88. The van der Waals surface area contributed by atoms with Crippen molar-refractivity contribution in [1.82, 2.24) is 5.32 Å². The number of carbonyl (C=O) groups excluding carboxylic acids is 1. The molecule has 26 heavy (non-hydrogen) atoms. The Morgan fingerprint density at radius 2 is 1.62 bits per heavy atom. The monoisotopic (exact) mass is 354 g/mol. The molecule has 3 rings (SSSR count). The standard InChI is InChI=1S/C21H26N2O3/c1-15-19(25-2)12-17(13-20(15)26-3)21(24)22-14-16-6-8-18(9-7-16)23-10-4-5-11-23/h6-9,12-13H,4-5,10-11,14H2,1-3H3,(H,22,24). The smallest absolute Gasteiger partial charge is 0.251 e. The van der Waals surface area contributed by atoms with Crippen molar-refractivity contribution in [3.63, 3.8) is 0 Å². The van der Waals surface area contributed by atoms with Gasteiger partial charge in [0.15, 0.2) is 0 Å². The Balaban J connectivity index is 1.65. The van der Waals surface area contributed by atoms with E-state index in [0.717, 1.165) is 24.2 Å². The summed E-state index contributed by atoms with van der Waals surface area (Å²) in [5, 5.41) is 2.96. The zero-order valence-corrected chi connectivity index (χ0v) is 15.7. The number of hydrogen-bond acceptors (Lipinski definition) is 4. The van der Waals surface area contributed by atoms with Gasteiger partial charge in [0, 0.05) is 36.4 Å². The van der Waals surface area contributed by atoms with Gasteiger partial charge in [0.25, 0.3) is 5.91 Å². The maximum atomic E-state index is 12.5. The van der Waals surface area contributed by atoms with Gasteiger partial charge in [0.05, 0.1) is 14.2 Å². The highest BCUT2D eigenvalue weighted by atomic mass is 16.5. The van der Waals surface area contributed by atoms with E-state index in [1.54, 1.807) is 26.4 Å². The Morgan fingerprint density at radius 3 is 2.15 bits per heavy atom. The summed E-state index contributed by atoms with van der Waals surface area (Å²) in [5.74, 6) is 1.14. The first kappa shape index (κ1) is 18.1. The van der Waals surface area contributed by atoms with Gasteiger partial charge < -0.3 is 19.7 Å². The van der Waals surface area contributed by atoms with Crippen LogP contribution < -0.4 is 19.7 Å². The molecule has 1 saturated heterocycles. The number of nitrogens with zero attached hydrogens (tertiary/aromatic N) is 1. The topological polar surface area (TPSA) is 50.8 Å². The largest absolute Gasteiger partial charge is 0.496 e. The van der Waals surface area contributed by atoms with Gasteiger partial charge in [0.1, 0.15) is 11.5 Å². The van der Waals surface area contributed by atoms with Crippen LogP contribution in [0.2, 0.25) is 0 Å². The lowest BCUT2D eigenvalue weighted by atomic mass is 10.1. The fourth-order valence-corrected chi connectivity index (χ4v) is 3.30. The molecular weight excluding hydrogens is 328 g/mol. The predicted molar refractivity (Wildman–Crippen MR) is 103 cm³/mol. The number of carbonyl (C=O) groups is 1. The van der Waals surface area contributed by atoms with Crippen LogP contribution in [0.3, 0.4) is 0 Å². The molecule has 2 aromatic carbocycles. The summed E-state index contributed by atoms with van der Waals surface area (Å²) in [6, 6.07) is 11.9. The van der Waals surface area contributed by atoms with E-state index in [1.807, 2.05) is 6.92 Å². The van der Waals surface area contributed by atoms with Gasteiger partial charge in [-0.3, -0.25) is 4.79 Å². The molecule has 1 aliphatic rings. The first-order valence-electron chi connectivity index (χ1n) is 8.97. The number of hydrogen-bond donors (Lipinski definition) is 1. The minimum absolute atomic E-state index is 0.148. The average Bonchev–Trinajstić information content (AvgIpc) is 3.21. The minimum atomic E-state index is -0.148. The lowest BCUT2D eigenvalue weighted by molar-refractivity contribution is 0.0950. The second kappa shape index (κ2) is 8.13. The number of nitrogens with one attached hydrogen (secondary N) is 1. The molecule has 1 fully saturated rings. The first-order chi connectivity index (χ1) is 12.6. The van der Waals surface area contributed by atoms with Gasteiger partial charge in [-0.05, 0) is 49.6 Å². The highest BCUT2D eigenvalue weighted by Crippen LogP contribution is 2.29. The van der Waals surface area contributed by atoms with Crippen molar-refractivity contribution in [2.75, 3.05) is 32.2 Å². The van der Waals surface area contributed by atoms with Gasteiger partial charge in [0.2, 0.25) is 0 Å². The first-order valence-corrected chi connectivity index (χ1v) is 8.97. The Morgan fingerprint density at radius 1 is 1.04 bits per heavy atom. The van der Waals surface area contributed by atoms with Crippen LogP contribution in [0.15, 0.2) is 36.4 Å². The molecule has 1 amide bonds. The van der Waals surface area contributed by atoms with Crippen molar-refractivity contribution in [3.05, 3.63) is 53.1 Å². The lowest BCUT2D eigenvalue weighted by Gasteiger charge is -2.17. The van der Waals surface area contributed by atoms with E-state index < -0.39 is 0 Å². The second-order valence-electron chi connectivity index (χ2n) is 6.55. The van der Waals surface area contributed by atoms with Crippen LogP contribution in [-0.2, 0) is 6.54 Å². The molecule has 0 unspecified atom stereocenters. The normalized spacial score (nSPS) is 13.6. The van der Waals surface area contributed by atoms with Gasteiger partial charge >= 0.3 is 0 Å². The molecule has 0 atom stereocenters. The molecule has 0 bridgehead atoms. The maximum Gasteiger partial charge on any atom is 0.251 e. The van der Waals surface area contributed by atoms with Crippen molar-refractivity contribution in [2.24, 2.45) is 0 Å². The molecule has 5 heteroatoms. The molecule has 1 N–H and O–H groups in total. The third-order valence-electron chi connectivity index (χ3n) is 4.88. The van der Waals surface area contributed by atoms with Crippen LogP contribution in [0, 0.1) is 6.92 Å². The van der Waals surface area contributed by atoms with Crippen LogP contribution in [0.25, 0.3) is 0 Å².